The Labute approximate surface area is 132 Å². The average Bonchev–Trinajstić information content (AvgIpc) is 2.67. The summed E-state index contributed by atoms with van der Waals surface area (Å²) in [6.45, 7) is 3.47. The van der Waals surface area contributed by atoms with Crippen molar-refractivity contribution in [2.75, 3.05) is 40.2 Å². The van der Waals surface area contributed by atoms with Gasteiger partial charge in [0.2, 0.25) is 0 Å². The Morgan fingerprint density at radius 3 is 2.50 bits per heavy atom. The normalized spacial score (nSPS) is 33.2. The van der Waals surface area contributed by atoms with Gasteiger partial charge < -0.3 is 23.5 Å². The van der Waals surface area contributed by atoms with Crippen LogP contribution in [0.25, 0.3) is 0 Å². The Bertz CT molecular complexity index is 336. The van der Waals surface area contributed by atoms with Crippen molar-refractivity contribution in [2.45, 2.75) is 31.2 Å². The van der Waals surface area contributed by atoms with Gasteiger partial charge in [0, 0.05) is 20.4 Å². The maximum Gasteiger partial charge on any atom is 0.142 e. The fourth-order valence-electron chi connectivity index (χ4n) is 2.10. The van der Waals surface area contributed by atoms with Crippen LogP contribution in [0.1, 0.15) is 6.92 Å². The maximum atomic E-state index is 6.05. The second-order valence-corrected chi connectivity index (χ2v) is 11.3. The molecule has 0 aromatic rings. The summed E-state index contributed by atoms with van der Waals surface area (Å²) in [5.74, 6) is 0. The first kappa shape index (κ1) is 18.9. The number of ether oxygens (including phenoxy) is 4. The van der Waals surface area contributed by atoms with Crippen LogP contribution in [-0.2, 0) is 35.3 Å². The quantitative estimate of drug-likeness (QED) is 0.288. The van der Waals surface area contributed by atoms with E-state index in [0.717, 1.165) is 6.16 Å². The van der Waals surface area contributed by atoms with E-state index < -0.39 is 5.47 Å². The molecular formula is C11H24BO5PS2. The Hall–Kier alpha value is 0.865. The third-order valence-electron chi connectivity index (χ3n) is 3.16. The Morgan fingerprint density at radius 2 is 1.95 bits per heavy atom. The molecule has 0 spiro atoms. The summed E-state index contributed by atoms with van der Waals surface area (Å²) in [5, 5.41) is 0. The van der Waals surface area contributed by atoms with Crippen molar-refractivity contribution in [3.05, 3.63) is 0 Å². The zero-order valence-corrected chi connectivity index (χ0v) is 15.1. The molecule has 0 amide bonds. The Kier molecular flexibility index (Phi) is 8.61. The van der Waals surface area contributed by atoms with Gasteiger partial charge in [-0.2, -0.15) is 0 Å². The molecule has 1 aliphatic rings. The van der Waals surface area contributed by atoms with E-state index in [4.69, 9.17) is 35.3 Å². The van der Waals surface area contributed by atoms with Gasteiger partial charge in [0.05, 0.1) is 25.8 Å². The second kappa shape index (κ2) is 9.11. The molecule has 20 heavy (non-hydrogen) atoms. The molecule has 0 aliphatic carbocycles. The first-order valence-corrected chi connectivity index (χ1v) is 10.8. The van der Waals surface area contributed by atoms with Gasteiger partial charge >= 0.3 is 0 Å². The van der Waals surface area contributed by atoms with E-state index in [2.05, 4.69) is 12.2 Å². The zero-order chi connectivity index (χ0) is 15.2. The molecule has 1 rings (SSSR count). The van der Waals surface area contributed by atoms with E-state index >= 15 is 0 Å². The lowest BCUT2D eigenvalue weighted by atomic mass is 9.93. The monoisotopic (exact) mass is 342 g/mol. The molecule has 118 valence electrons. The molecule has 0 N–H and O–H groups in total. The number of hydrogen-bond acceptors (Lipinski definition) is 6. The molecule has 5 atom stereocenters. The molecule has 1 aliphatic heterocycles. The van der Waals surface area contributed by atoms with Gasteiger partial charge in [-0.05, 0) is 0 Å². The predicted octanol–water partition coefficient (Wildman–Crippen LogP) is 0.667. The fourth-order valence-corrected chi connectivity index (χ4v) is 3.51. The molecule has 0 bridgehead atoms. The molecular weight excluding hydrogens is 318 g/mol. The van der Waals surface area contributed by atoms with Crippen LogP contribution in [0.15, 0.2) is 0 Å². The average molecular weight is 342 g/mol. The van der Waals surface area contributed by atoms with Crippen LogP contribution in [-0.4, -0.2) is 72.4 Å². The van der Waals surface area contributed by atoms with Gasteiger partial charge in [-0.1, -0.05) is 18.7 Å². The summed E-state index contributed by atoms with van der Waals surface area (Å²) < 4.78 is 28.0. The van der Waals surface area contributed by atoms with E-state index in [0.29, 0.717) is 19.8 Å². The summed E-state index contributed by atoms with van der Waals surface area (Å²) in [6, 6.07) is -0.0720. The molecule has 1 saturated heterocycles. The van der Waals surface area contributed by atoms with Crippen molar-refractivity contribution in [3.8, 4) is 0 Å². The number of thiol groups is 1. The Balaban J connectivity index is 2.74. The summed E-state index contributed by atoms with van der Waals surface area (Å²) in [5.41, 5.74) is -2.11. The van der Waals surface area contributed by atoms with Crippen LogP contribution >= 0.6 is 17.7 Å². The van der Waals surface area contributed by atoms with Crippen LogP contribution < -0.4 is 0 Å². The summed E-state index contributed by atoms with van der Waals surface area (Å²) in [4.78, 5) is 0. The van der Waals surface area contributed by atoms with Crippen molar-refractivity contribution in [1.29, 1.82) is 0 Å². The summed E-state index contributed by atoms with van der Waals surface area (Å²) in [6.07, 6.45) is 0.126. The number of rotatable bonds is 9. The first-order valence-electron chi connectivity index (χ1n) is 6.70. The number of hydrogen-bond donors (Lipinski definition) is 1. The molecule has 0 radical (unpaired) electrons. The van der Waals surface area contributed by atoms with E-state index in [1.54, 1.807) is 14.2 Å². The van der Waals surface area contributed by atoms with Crippen LogP contribution in [0, 0.1) is 0 Å². The SMILES string of the molecule is B[C@@H]1O[C@H](COC)C(OP(=S)(S)CC)[C@@H]1OCCOC. The standard InChI is InChI=1S/C11H24BO5PS2/c1-4-18(19,20)17-9-8(7-14-3)16-11(12)10(9)15-6-5-13-2/h8-11H,4-7,12H2,1-3H3,(H,19,20)/t8-,9?,10+,11-/m1/s1. The second-order valence-electron chi connectivity index (χ2n) is 4.69. The van der Waals surface area contributed by atoms with Gasteiger partial charge in [-0.3, -0.25) is 0 Å². The minimum atomic E-state index is -2.11. The van der Waals surface area contributed by atoms with E-state index in [-0.39, 0.29) is 24.3 Å². The van der Waals surface area contributed by atoms with Crippen LogP contribution in [0.4, 0.5) is 0 Å². The van der Waals surface area contributed by atoms with Crippen LogP contribution in [0.2, 0.25) is 0 Å². The van der Waals surface area contributed by atoms with Gasteiger partial charge in [-0.15, -0.1) is 12.2 Å². The van der Waals surface area contributed by atoms with Crippen molar-refractivity contribution < 1.29 is 23.5 Å². The van der Waals surface area contributed by atoms with Gasteiger partial charge in [-0.25, -0.2) is 0 Å². The zero-order valence-electron chi connectivity index (χ0n) is 12.5. The lowest BCUT2D eigenvalue weighted by Crippen LogP contribution is -2.39. The molecule has 5 nitrogen and oxygen atoms in total. The lowest BCUT2D eigenvalue weighted by Gasteiger charge is -2.28. The Morgan fingerprint density at radius 1 is 1.25 bits per heavy atom. The van der Waals surface area contributed by atoms with E-state index in [9.17, 15) is 0 Å². The molecule has 0 aromatic heterocycles. The minimum absolute atomic E-state index is 0.0720. The highest BCUT2D eigenvalue weighted by Gasteiger charge is 2.45. The van der Waals surface area contributed by atoms with Crippen molar-refractivity contribution in [2.24, 2.45) is 0 Å². The number of methoxy groups -OCH3 is 2. The summed E-state index contributed by atoms with van der Waals surface area (Å²) in [7, 11) is 5.25. The van der Waals surface area contributed by atoms with Crippen molar-refractivity contribution in [3.63, 3.8) is 0 Å². The first-order chi connectivity index (χ1) is 9.45. The highest BCUT2D eigenvalue weighted by Crippen LogP contribution is 2.54. The molecule has 1 fully saturated rings. The maximum absolute atomic E-state index is 6.05. The van der Waals surface area contributed by atoms with Gasteiger partial charge in [0.25, 0.3) is 0 Å². The highest BCUT2D eigenvalue weighted by molar-refractivity contribution is 8.61. The van der Waals surface area contributed by atoms with Crippen molar-refractivity contribution >= 4 is 37.4 Å². The summed E-state index contributed by atoms with van der Waals surface area (Å²) >= 11 is 9.90. The van der Waals surface area contributed by atoms with E-state index in [1.807, 2.05) is 14.8 Å². The van der Waals surface area contributed by atoms with Gasteiger partial charge in [0.1, 0.15) is 31.6 Å². The smallest absolute Gasteiger partial charge is 0.142 e. The molecule has 9 heteroatoms. The minimum Gasteiger partial charge on any atom is -0.382 e. The van der Waals surface area contributed by atoms with E-state index in [1.165, 1.54) is 0 Å². The fraction of sp³-hybridized carbons (Fsp3) is 1.00. The van der Waals surface area contributed by atoms with Crippen molar-refractivity contribution in [1.82, 2.24) is 0 Å². The van der Waals surface area contributed by atoms with Gasteiger partial charge in [0.15, 0.2) is 0 Å². The molecule has 1 heterocycles. The predicted molar refractivity (Wildman–Crippen MR) is 89.4 cm³/mol. The third kappa shape index (κ3) is 5.57. The third-order valence-corrected chi connectivity index (χ3v) is 6.69. The topological polar surface area (TPSA) is 46.2 Å². The van der Waals surface area contributed by atoms with Crippen LogP contribution in [0.3, 0.4) is 0 Å². The highest BCUT2D eigenvalue weighted by atomic mass is 32.9. The van der Waals surface area contributed by atoms with Crippen LogP contribution in [0.5, 0.6) is 0 Å². The molecule has 2 unspecified atom stereocenters. The largest absolute Gasteiger partial charge is 0.382 e. The lowest BCUT2D eigenvalue weighted by molar-refractivity contribution is -0.0295. The molecule has 0 aromatic carbocycles. The molecule has 0 saturated carbocycles.